The quantitative estimate of drug-likeness (QED) is 0.651. The van der Waals surface area contributed by atoms with Crippen molar-refractivity contribution in [2.75, 3.05) is 7.11 Å². The second-order valence-electron chi connectivity index (χ2n) is 5.89. The highest BCUT2D eigenvalue weighted by Crippen LogP contribution is 2.18. The van der Waals surface area contributed by atoms with Crippen molar-refractivity contribution in [3.63, 3.8) is 0 Å². The van der Waals surface area contributed by atoms with E-state index in [1.807, 2.05) is 12.1 Å². The number of aliphatic hydroxyl groups excluding tert-OH is 1. The van der Waals surface area contributed by atoms with Crippen molar-refractivity contribution in [2.24, 2.45) is 0 Å². The van der Waals surface area contributed by atoms with Gasteiger partial charge >= 0.3 is 0 Å². The van der Waals surface area contributed by atoms with E-state index in [1.165, 1.54) is 11.0 Å². The normalized spacial score (nSPS) is 11.8. The van der Waals surface area contributed by atoms with Gasteiger partial charge in [0.1, 0.15) is 12.1 Å². The zero-order chi connectivity index (χ0) is 19.2. The molecule has 7 nitrogen and oxygen atoms in total. The number of aromatic nitrogens is 3. The van der Waals surface area contributed by atoms with Crippen LogP contribution in [0.2, 0.25) is 5.02 Å². The van der Waals surface area contributed by atoms with Gasteiger partial charge in [0, 0.05) is 11.6 Å². The lowest BCUT2D eigenvalue weighted by Gasteiger charge is -2.11. The van der Waals surface area contributed by atoms with Crippen molar-refractivity contribution in [3.8, 4) is 5.75 Å². The summed E-state index contributed by atoms with van der Waals surface area (Å²) in [5.41, 5.74) is 1.60. The largest absolute Gasteiger partial charge is 0.497 e. The Morgan fingerprint density at radius 1 is 1.30 bits per heavy atom. The van der Waals surface area contributed by atoms with Crippen molar-refractivity contribution >= 4 is 17.5 Å². The lowest BCUT2D eigenvalue weighted by atomic mass is 10.1. The summed E-state index contributed by atoms with van der Waals surface area (Å²) in [5.74, 6) is 0.358. The van der Waals surface area contributed by atoms with Gasteiger partial charge in [-0.25, -0.2) is 9.67 Å². The van der Waals surface area contributed by atoms with Crippen LogP contribution >= 0.6 is 11.6 Å². The average Bonchev–Trinajstić information content (AvgIpc) is 3.15. The number of ether oxygens (including phenoxy) is 1. The first kappa shape index (κ1) is 18.9. The molecule has 0 aliphatic heterocycles. The summed E-state index contributed by atoms with van der Waals surface area (Å²) >= 11 is 5.92. The molecule has 8 heteroatoms. The van der Waals surface area contributed by atoms with E-state index in [4.69, 9.17) is 16.3 Å². The van der Waals surface area contributed by atoms with E-state index >= 15 is 0 Å². The first-order valence-electron chi connectivity index (χ1n) is 8.29. The Hall–Kier alpha value is -2.90. The summed E-state index contributed by atoms with van der Waals surface area (Å²) in [6, 6.07) is 14.3. The number of hydrogen-bond donors (Lipinski definition) is 2. The van der Waals surface area contributed by atoms with E-state index in [0.29, 0.717) is 17.3 Å². The van der Waals surface area contributed by atoms with Crippen LogP contribution in [0.1, 0.15) is 27.8 Å². The number of rotatable bonds is 7. The van der Waals surface area contributed by atoms with Gasteiger partial charge in [-0.3, -0.25) is 4.79 Å². The Labute approximate surface area is 161 Å². The maximum Gasteiger partial charge on any atom is 0.291 e. The van der Waals surface area contributed by atoms with E-state index in [1.54, 1.807) is 43.5 Å². The van der Waals surface area contributed by atoms with Crippen molar-refractivity contribution in [3.05, 3.63) is 76.8 Å². The van der Waals surface area contributed by atoms with E-state index in [9.17, 15) is 9.90 Å². The topological polar surface area (TPSA) is 89.3 Å². The summed E-state index contributed by atoms with van der Waals surface area (Å²) < 4.78 is 6.53. The molecule has 3 rings (SSSR count). The Morgan fingerprint density at radius 3 is 2.78 bits per heavy atom. The van der Waals surface area contributed by atoms with Gasteiger partial charge in [0.2, 0.25) is 5.82 Å². The monoisotopic (exact) mass is 386 g/mol. The van der Waals surface area contributed by atoms with Crippen molar-refractivity contribution in [1.82, 2.24) is 20.1 Å². The van der Waals surface area contributed by atoms with Crippen LogP contribution in [-0.4, -0.2) is 32.9 Å². The van der Waals surface area contributed by atoms with Crippen LogP contribution in [0.15, 0.2) is 54.9 Å². The molecule has 2 N–H and O–H groups in total. The van der Waals surface area contributed by atoms with Gasteiger partial charge < -0.3 is 15.2 Å². The van der Waals surface area contributed by atoms with Gasteiger partial charge in [0.15, 0.2) is 0 Å². The summed E-state index contributed by atoms with van der Waals surface area (Å²) in [6.45, 7) is 0.503. The zero-order valence-corrected chi connectivity index (χ0v) is 15.4. The van der Waals surface area contributed by atoms with Crippen LogP contribution in [0, 0.1) is 0 Å². The minimum atomic E-state index is -0.778. The molecule has 1 aromatic heterocycles. The Bertz CT molecular complexity index is 911. The van der Waals surface area contributed by atoms with Crippen molar-refractivity contribution in [2.45, 2.75) is 19.2 Å². The minimum absolute atomic E-state index is 0.0407. The van der Waals surface area contributed by atoms with Crippen LogP contribution in [0.4, 0.5) is 0 Å². The van der Waals surface area contributed by atoms with Gasteiger partial charge in [-0.15, -0.1) is 5.10 Å². The first-order chi connectivity index (χ1) is 13.0. The molecule has 0 fully saturated rings. The summed E-state index contributed by atoms with van der Waals surface area (Å²) in [5, 5.41) is 17.8. The number of nitrogens with one attached hydrogen (secondary N) is 1. The van der Waals surface area contributed by atoms with Crippen molar-refractivity contribution in [1.29, 1.82) is 0 Å². The smallest absolute Gasteiger partial charge is 0.291 e. The molecule has 0 spiro atoms. The maximum atomic E-state index is 12.2. The maximum absolute atomic E-state index is 12.2. The summed E-state index contributed by atoms with van der Waals surface area (Å²) in [7, 11) is 1.58. The van der Waals surface area contributed by atoms with Crippen LogP contribution in [-0.2, 0) is 13.1 Å². The number of benzene rings is 2. The average molecular weight is 387 g/mol. The lowest BCUT2D eigenvalue weighted by Crippen LogP contribution is -2.24. The fraction of sp³-hybridized carbons (Fsp3) is 0.211. The number of carbonyl (C=O) groups excluding carboxylic acids is 1. The molecule has 0 saturated carbocycles. The molecule has 1 atom stereocenters. The predicted molar refractivity (Wildman–Crippen MR) is 101 cm³/mol. The molecule has 27 heavy (non-hydrogen) atoms. The van der Waals surface area contributed by atoms with E-state index < -0.39 is 12.0 Å². The third-order valence-corrected chi connectivity index (χ3v) is 4.18. The molecule has 0 unspecified atom stereocenters. The number of halogens is 1. The standard InChI is InChI=1S/C19H19ClN4O3/c1-27-16-7-5-14(6-8-16)17(25)11-24-12-22-18(23-24)19(26)21-10-13-3-2-4-15(20)9-13/h2-9,12,17,25H,10-11H2,1H3,(H,21,26)/t17-/m1/s1. The van der Waals surface area contributed by atoms with Crippen LogP contribution in [0.25, 0.3) is 0 Å². The van der Waals surface area contributed by atoms with E-state index in [0.717, 1.165) is 11.1 Å². The highest BCUT2D eigenvalue weighted by atomic mass is 35.5. The predicted octanol–water partition coefficient (Wildman–Crippen LogP) is 2.60. The second-order valence-corrected chi connectivity index (χ2v) is 6.33. The molecule has 1 amide bonds. The zero-order valence-electron chi connectivity index (χ0n) is 14.7. The Morgan fingerprint density at radius 2 is 2.07 bits per heavy atom. The lowest BCUT2D eigenvalue weighted by molar-refractivity contribution is 0.0938. The van der Waals surface area contributed by atoms with Crippen LogP contribution in [0.3, 0.4) is 0 Å². The number of nitrogens with zero attached hydrogens (tertiary/aromatic N) is 3. The number of amides is 1. The van der Waals surface area contributed by atoms with Gasteiger partial charge in [0.25, 0.3) is 5.91 Å². The van der Waals surface area contributed by atoms with Crippen molar-refractivity contribution < 1.29 is 14.6 Å². The highest BCUT2D eigenvalue weighted by molar-refractivity contribution is 6.30. The van der Waals surface area contributed by atoms with E-state index in [-0.39, 0.29) is 12.4 Å². The first-order valence-corrected chi connectivity index (χ1v) is 8.67. The number of methoxy groups -OCH3 is 1. The van der Waals surface area contributed by atoms with E-state index in [2.05, 4.69) is 15.4 Å². The summed E-state index contributed by atoms with van der Waals surface area (Å²) in [6.07, 6.45) is 0.640. The SMILES string of the molecule is COc1ccc([C@H](O)Cn2cnc(C(=O)NCc3cccc(Cl)c3)n2)cc1. The minimum Gasteiger partial charge on any atom is -0.497 e. The third-order valence-electron chi connectivity index (χ3n) is 3.94. The van der Waals surface area contributed by atoms with Gasteiger partial charge in [0.05, 0.1) is 19.8 Å². The van der Waals surface area contributed by atoms with Gasteiger partial charge in [-0.2, -0.15) is 0 Å². The Balaban J connectivity index is 1.57. The molecule has 0 saturated heterocycles. The number of aliphatic hydroxyl groups is 1. The molecule has 0 aliphatic carbocycles. The van der Waals surface area contributed by atoms with Crippen LogP contribution in [0.5, 0.6) is 5.75 Å². The molecule has 140 valence electrons. The summed E-state index contributed by atoms with van der Waals surface area (Å²) in [4.78, 5) is 16.2. The third kappa shape index (κ3) is 5.06. The van der Waals surface area contributed by atoms with Gasteiger partial charge in [-0.05, 0) is 35.4 Å². The second kappa shape index (κ2) is 8.66. The molecule has 0 aliphatic rings. The molecule has 3 aromatic rings. The molecular weight excluding hydrogens is 368 g/mol. The molecule has 0 bridgehead atoms. The molecule has 2 aromatic carbocycles. The van der Waals surface area contributed by atoms with Gasteiger partial charge in [-0.1, -0.05) is 35.9 Å². The fourth-order valence-corrected chi connectivity index (χ4v) is 2.72. The molecule has 1 heterocycles. The highest BCUT2D eigenvalue weighted by Gasteiger charge is 2.14. The Kier molecular flexibility index (Phi) is 6.05. The van der Waals surface area contributed by atoms with Crippen LogP contribution < -0.4 is 10.1 Å². The molecular formula is C19H19ClN4O3. The number of hydrogen-bond acceptors (Lipinski definition) is 5. The molecule has 0 radical (unpaired) electrons. The number of carbonyl (C=O) groups is 1. The fourth-order valence-electron chi connectivity index (χ4n) is 2.50.